The summed E-state index contributed by atoms with van der Waals surface area (Å²) in [6.07, 6.45) is 0.0635. The largest absolute Gasteiger partial charge is 0.485 e. The molecule has 2 aromatic rings. The Balaban J connectivity index is 1.33. The topological polar surface area (TPSA) is 167 Å². The molecule has 0 radical (unpaired) electrons. The lowest BCUT2D eigenvalue weighted by molar-refractivity contribution is -0.149. The van der Waals surface area contributed by atoms with Crippen LogP contribution >= 0.6 is 0 Å². The highest BCUT2D eigenvalue weighted by Crippen LogP contribution is 2.30. The van der Waals surface area contributed by atoms with Crippen molar-refractivity contribution in [1.29, 1.82) is 0 Å². The van der Waals surface area contributed by atoms with Crippen molar-refractivity contribution in [2.75, 3.05) is 19.8 Å². The van der Waals surface area contributed by atoms with Gasteiger partial charge >= 0.3 is 5.97 Å². The van der Waals surface area contributed by atoms with E-state index in [0.717, 1.165) is 0 Å². The van der Waals surface area contributed by atoms with Crippen molar-refractivity contribution in [1.82, 2.24) is 25.1 Å². The predicted molar refractivity (Wildman–Crippen MR) is 111 cm³/mol. The first-order valence-corrected chi connectivity index (χ1v) is 11.3. The van der Waals surface area contributed by atoms with E-state index < -0.39 is 40.5 Å². The zero-order valence-electron chi connectivity index (χ0n) is 17.9. The Bertz CT molecular complexity index is 1130. The molecular formula is C19H23N5O8S. The number of sulfonamides is 1. The summed E-state index contributed by atoms with van der Waals surface area (Å²) in [4.78, 5) is 39.6. The first-order valence-electron chi connectivity index (χ1n) is 9.78. The number of esters is 1. The first kappa shape index (κ1) is 24.0. The van der Waals surface area contributed by atoms with Gasteiger partial charge in [0, 0.05) is 19.8 Å². The Hall–Kier alpha value is -3.65. The van der Waals surface area contributed by atoms with E-state index in [9.17, 15) is 22.8 Å². The fraction of sp³-hybridized carbons (Fsp3) is 0.368. The van der Waals surface area contributed by atoms with Gasteiger partial charge in [0.1, 0.15) is 12.4 Å². The summed E-state index contributed by atoms with van der Waals surface area (Å²) in [6.45, 7) is 0.701. The van der Waals surface area contributed by atoms with Gasteiger partial charge in [0.15, 0.2) is 23.1 Å². The van der Waals surface area contributed by atoms with E-state index in [4.69, 9.17) is 14.2 Å². The van der Waals surface area contributed by atoms with Crippen LogP contribution in [-0.2, 0) is 36.2 Å². The lowest BCUT2D eigenvalue weighted by Gasteiger charge is -2.25. The second kappa shape index (κ2) is 10.3. The minimum atomic E-state index is -3.87. The molecule has 3 rings (SSSR count). The maximum absolute atomic E-state index is 12.1. The van der Waals surface area contributed by atoms with E-state index in [1.165, 1.54) is 6.20 Å². The van der Waals surface area contributed by atoms with Crippen molar-refractivity contribution in [2.45, 2.75) is 24.5 Å². The van der Waals surface area contributed by atoms with E-state index >= 15 is 0 Å². The Morgan fingerprint density at radius 3 is 2.64 bits per heavy atom. The lowest BCUT2D eigenvalue weighted by Crippen LogP contribution is -2.51. The Morgan fingerprint density at radius 2 is 1.94 bits per heavy atom. The second-order valence-corrected chi connectivity index (χ2v) is 8.66. The van der Waals surface area contributed by atoms with Crippen LogP contribution in [0.15, 0.2) is 35.5 Å². The molecule has 0 aliphatic carbocycles. The molecule has 3 N–H and O–H groups in total. The van der Waals surface area contributed by atoms with Gasteiger partial charge in [0.25, 0.3) is 21.8 Å². The number of hydrogen-bond donors (Lipinski definition) is 3. The number of hydrogen-bond acceptors (Lipinski definition) is 9. The number of hydrazine groups is 1. The molecule has 1 atom stereocenters. The van der Waals surface area contributed by atoms with Gasteiger partial charge in [-0.15, -0.1) is 0 Å². The molecule has 1 aliphatic heterocycles. The number of nitrogens with one attached hydrogen (secondary N) is 3. The van der Waals surface area contributed by atoms with Crippen molar-refractivity contribution in [2.24, 2.45) is 7.05 Å². The van der Waals surface area contributed by atoms with E-state index in [2.05, 4.69) is 20.6 Å². The molecule has 14 heteroatoms. The van der Waals surface area contributed by atoms with Crippen LogP contribution < -0.4 is 25.0 Å². The molecule has 1 aliphatic rings. The van der Waals surface area contributed by atoms with Gasteiger partial charge < -0.3 is 18.8 Å². The second-order valence-electron chi connectivity index (χ2n) is 6.95. The molecule has 13 nitrogen and oxygen atoms in total. The summed E-state index contributed by atoms with van der Waals surface area (Å²) >= 11 is 0. The Labute approximate surface area is 189 Å². The van der Waals surface area contributed by atoms with Crippen LogP contribution in [0, 0.1) is 6.92 Å². The van der Waals surface area contributed by atoms with Crippen LogP contribution in [0.4, 0.5) is 0 Å². The number of carbonyl (C=O) groups is 3. The van der Waals surface area contributed by atoms with Gasteiger partial charge in [0.2, 0.25) is 6.10 Å². The number of fused-ring (bicyclic) bond motifs is 1. The minimum absolute atomic E-state index is 0.0400. The molecule has 2 heterocycles. The van der Waals surface area contributed by atoms with Crippen LogP contribution in [0.3, 0.4) is 0 Å². The highest BCUT2D eigenvalue weighted by Gasteiger charge is 2.27. The standard InChI is InChI=1S/C19H23N5O8S/c1-12-21-17(9-24(12)2)33(28,29)20-8-7-18(26)31-11-16(25)22-23-19(27)15-10-30-13-5-3-4-6-14(13)32-15/h3-6,9,15,20H,7-8,10-11H2,1-2H3,(H,22,25)(H,23,27). The molecule has 0 bridgehead atoms. The van der Waals surface area contributed by atoms with Gasteiger partial charge in [-0.2, -0.15) is 0 Å². The minimum Gasteiger partial charge on any atom is -0.485 e. The highest BCUT2D eigenvalue weighted by atomic mass is 32.2. The molecule has 33 heavy (non-hydrogen) atoms. The molecule has 178 valence electrons. The maximum Gasteiger partial charge on any atom is 0.307 e. The van der Waals surface area contributed by atoms with E-state index in [0.29, 0.717) is 17.3 Å². The quantitative estimate of drug-likeness (QED) is 0.314. The fourth-order valence-corrected chi connectivity index (χ4v) is 3.70. The molecule has 1 aromatic carbocycles. The van der Waals surface area contributed by atoms with Gasteiger partial charge in [-0.1, -0.05) is 12.1 Å². The number of nitrogens with zero attached hydrogens (tertiary/aromatic N) is 2. The SMILES string of the molecule is Cc1nc(S(=O)(=O)NCCC(=O)OCC(=O)NNC(=O)C2COc3ccccc3O2)cn1C. The zero-order valence-corrected chi connectivity index (χ0v) is 18.7. The number of rotatable bonds is 8. The molecule has 1 aromatic heterocycles. The number of amides is 2. The number of aromatic nitrogens is 2. The van der Waals surface area contributed by atoms with Crippen LogP contribution in [0.25, 0.3) is 0 Å². The molecule has 0 saturated carbocycles. The van der Waals surface area contributed by atoms with Crippen molar-refractivity contribution in [3.63, 3.8) is 0 Å². The van der Waals surface area contributed by atoms with E-state index in [1.54, 1.807) is 42.8 Å². The van der Waals surface area contributed by atoms with E-state index in [-0.39, 0.29) is 24.6 Å². The third kappa shape index (κ3) is 6.43. The number of benzene rings is 1. The predicted octanol–water partition coefficient (Wildman–Crippen LogP) is -1.07. The monoisotopic (exact) mass is 481 g/mol. The van der Waals surface area contributed by atoms with Gasteiger partial charge in [-0.3, -0.25) is 25.2 Å². The summed E-state index contributed by atoms with van der Waals surface area (Å²) in [5.74, 6) is -0.827. The summed E-state index contributed by atoms with van der Waals surface area (Å²) < 4.78 is 43.7. The molecule has 0 saturated heterocycles. The number of aryl methyl sites for hydroxylation is 2. The first-order chi connectivity index (χ1) is 15.7. The summed E-state index contributed by atoms with van der Waals surface area (Å²) in [5.41, 5.74) is 4.25. The average molecular weight is 481 g/mol. The molecule has 0 spiro atoms. The third-order valence-electron chi connectivity index (χ3n) is 4.47. The average Bonchev–Trinajstić information content (AvgIpc) is 3.14. The van der Waals surface area contributed by atoms with Crippen molar-refractivity contribution in [3.8, 4) is 11.5 Å². The van der Waals surface area contributed by atoms with Crippen molar-refractivity contribution < 1.29 is 37.0 Å². The number of carbonyl (C=O) groups excluding carboxylic acids is 3. The lowest BCUT2D eigenvalue weighted by atomic mass is 10.2. The van der Waals surface area contributed by atoms with Gasteiger partial charge in [-0.25, -0.2) is 18.1 Å². The summed E-state index contributed by atoms with van der Waals surface area (Å²) in [7, 11) is -2.22. The van der Waals surface area contributed by atoms with Crippen LogP contribution in [0.1, 0.15) is 12.2 Å². The smallest absolute Gasteiger partial charge is 0.307 e. The third-order valence-corrected chi connectivity index (χ3v) is 5.80. The normalized spacial score (nSPS) is 14.9. The van der Waals surface area contributed by atoms with Crippen LogP contribution in [0.2, 0.25) is 0 Å². The van der Waals surface area contributed by atoms with Crippen LogP contribution in [0.5, 0.6) is 11.5 Å². The number of imidazole rings is 1. The summed E-state index contributed by atoms with van der Waals surface area (Å²) in [6, 6.07) is 6.83. The van der Waals surface area contributed by atoms with Crippen molar-refractivity contribution in [3.05, 3.63) is 36.3 Å². The van der Waals surface area contributed by atoms with E-state index in [1.807, 2.05) is 0 Å². The molecule has 0 fully saturated rings. The Morgan fingerprint density at radius 1 is 1.21 bits per heavy atom. The summed E-state index contributed by atoms with van der Waals surface area (Å²) in [5, 5.41) is -0.165. The number of ether oxygens (including phenoxy) is 3. The fourth-order valence-electron chi connectivity index (χ4n) is 2.63. The maximum atomic E-state index is 12.1. The molecular weight excluding hydrogens is 458 g/mol. The zero-order chi connectivity index (χ0) is 24.0. The Kier molecular flexibility index (Phi) is 7.50. The molecule has 1 unspecified atom stereocenters. The highest BCUT2D eigenvalue weighted by molar-refractivity contribution is 7.89. The van der Waals surface area contributed by atoms with Crippen molar-refractivity contribution >= 4 is 27.8 Å². The number of para-hydroxylation sites is 2. The van der Waals surface area contributed by atoms with Gasteiger partial charge in [0.05, 0.1) is 6.42 Å². The molecule has 2 amide bonds. The van der Waals surface area contributed by atoms with Crippen LogP contribution in [-0.4, -0.2) is 61.6 Å². The van der Waals surface area contributed by atoms with Gasteiger partial charge in [-0.05, 0) is 19.1 Å².